The third kappa shape index (κ3) is 4.21. The van der Waals surface area contributed by atoms with E-state index < -0.39 is 0 Å². The maximum absolute atomic E-state index is 12.1. The van der Waals surface area contributed by atoms with Crippen LogP contribution in [0, 0.1) is 26.7 Å². The van der Waals surface area contributed by atoms with Crippen molar-refractivity contribution in [1.82, 2.24) is 5.32 Å². The van der Waals surface area contributed by atoms with Crippen LogP contribution in [0.15, 0.2) is 12.1 Å². The van der Waals surface area contributed by atoms with Crippen molar-refractivity contribution < 1.29 is 9.90 Å². The Labute approximate surface area is 126 Å². The third-order valence-electron chi connectivity index (χ3n) is 4.36. The number of urea groups is 1. The number of carbonyl (C=O) groups is 1. The molecule has 0 aromatic heterocycles. The van der Waals surface area contributed by atoms with Crippen LogP contribution in [-0.4, -0.2) is 23.8 Å². The largest absolute Gasteiger partial charge is 0.396 e. The average molecular weight is 290 g/mol. The van der Waals surface area contributed by atoms with E-state index in [1.807, 2.05) is 13.8 Å². The van der Waals surface area contributed by atoms with E-state index in [1.165, 1.54) is 5.56 Å². The summed E-state index contributed by atoms with van der Waals surface area (Å²) in [4.78, 5) is 12.1. The van der Waals surface area contributed by atoms with Crippen LogP contribution in [-0.2, 0) is 0 Å². The number of hydrogen-bond acceptors (Lipinski definition) is 2. The molecule has 0 aliphatic heterocycles. The zero-order chi connectivity index (χ0) is 15.4. The van der Waals surface area contributed by atoms with Gasteiger partial charge in [0.2, 0.25) is 0 Å². The number of amides is 2. The van der Waals surface area contributed by atoms with Crippen molar-refractivity contribution in [3.8, 4) is 0 Å². The molecule has 0 radical (unpaired) electrons. The minimum atomic E-state index is -0.127. The molecule has 3 N–H and O–H groups in total. The number of aryl methyl sites for hydroxylation is 3. The smallest absolute Gasteiger partial charge is 0.319 e. The van der Waals surface area contributed by atoms with Crippen LogP contribution in [0.2, 0.25) is 0 Å². The van der Waals surface area contributed by atoms with E-state index in [2.05, 4.69) is 29.7 Å². The quantitative estimate of drug-likeness (QED) is 0.800. The molecule has 4 nitrogen and oxygen atoms in total. The molecule has 0 saturated heterocycles. The number of anilines is 1. The summed E-state index contributed by atoms with van der Waals surface area (Å²) in [5, 5.41) is 15.2. The number of rotatable bonds is 3. The highest BCUT2D eigenvalue weighted by Gasteiger charge is 2.22. The lowest BCUT2D eigenvalue weighted by molar-refractivity contribution is 0.176. The minimum Gasteiger partial charge on any atom is -0.396 e. The van der Waals surface area contributed by atoms with Crippen LogP contribution >= 0.6 is 0 Å². The first-order valence-electron chi connectivity index (χ1n) is 7.75. The van der Waals surface area contributed by atoms with E-state index in [-0.39, 0.29) is 18.7 Å². The minimum absolute atomic E-state index is 0.127. The number of benzene rings is 1. The van der Waals surface area contributed by atoms with E-state index in [0.29, 0.717) is 5.92 Å². The maximum atomic E-state index is 12.1. The van der Waals surface area contributed by atoms with Crippen molar-refractivity contribution in [1.29, 1.82) is 0 Å². The number of aliphatic hydroxyl groups is 1. The molecule has 0 atom stereocenters. The molecule has 0 bridgehead atoms. The van der Waals surface area contributed by atoms with Gasteiger partial charge in [-0.05, 0) is 63.5 Å². The molecule has 1 aromatic carbocycles. The Morgan fingerprint density at radius 3 is 2.24 bits per heavy atom. The summed E-state index contributed by atoms with van der Waals surface area (Å²) in [5.41, 5.74) is 4.29. The second-order valence-corrected chi connectivity index (χ2v) is 6.27. The SMILES string of the molecule is Cc1cc(C)c(NC(=O)NC2CCC(CO)CC2)c(C)c1. The molecule has 1 saturated carbocycles. The molecule has 4 heteroatoms. The summed E-state index contributed by atoms with van der Waals surface area (Å²) in [6.07, 6.45) is 3.88. The second-order valence-electron chi connectivity index (χ2n) is 6.27. The molecule has 0 heterocycles. The van der Waals surface area contributed by atoms with Gasteiger partial charge in [0.15, 0.2) is 0 Å². The molecule has 0 unspecified atom stereocenters. The van der Waals surface area contributed by atoms with Gasteiger partial charge in [0.25, 0.3) is 0 Å². The van der Waals surface area contributed by atoms with Gasteiger partial charge in [-0.2, -0.15) is 0 Å². The fraction of sp³-hybridized carbons (Fsp3) is 0.588. The van der Waals surface area contributed by atoms with Gasteiger partial charge in [0, 0.05) is 18.3 Å². The van der Waals surface area contributed by atoms with E-state index in [9.17, 15) is 4.79 Å². The molecule has 1 aliphatic carbocycles. The lowest BCUT2D eigenvalue weighted by atomic mass is 9.87. The van der Waals surface area contributed by atoms with Gasteiger partial charge in [-0.1, -0.05) is 17.7 Å². The van der Waals surface area contributed by atoms with Gasteiger partial charge in [-0.3, -0.25) is 0 Å². The van der Waals surface area contributed by atoms with Gasteiger partial charge < -0.3 is 15.7 Å². The van der Waals surface area contributed by atoms with Gasteiger partial charge in [0.1, 0.15) is 0 Å². The highest BCUT2D eigenvalue weighted by atomic mass is 16.3. The molecule has 1 fully saturated rings. The molecule has 2 amide bonds. The van der Waals surface area contributed by atoms with E-state index in [0.717, 1.165) is 42.5 Å². The lowest BCUT2D eigenvalue weighted by Crippen LogP contribution is -2.40. The summed E-state index contributed by atoms with van der Waals surface area (Å²) in [5.74, 6) is 0.410. The number of nitrogens with one attached hydrogen (secondary N) is 2. The van der Waals surface area contributed by atoms with Gasteiger partial charge in [-0.25, -0.2) is 4.79 Å². The van der Waals surface area contributed by atoms with Gasteiger partial charge in [0.05, 0.1) is 0 Å². The second kappa shape index (κ2) is 6.94. The summed E-state index contributed by atoms with van der Waals surface area (Å²) in [6, 6.07) is 4.25. The summed E-state index contributed by atoms with van der Waals surface area (Å²) < 4.78 is 0. The van der Waals surface area contributed by atoms with Crippen molar-refractivity contribution in [3.63, 3.8) is 0 Å². The molecule has 0 spiro atoms. The molecule has 2 rings (SSSR count). The Balaban J connectivity index is 1.91. The van der Waals surface area contributed by atoms with Crippen LogP contribution in [0.1, 0.15) is 42.4 Å². The maximum Gasteiger partial charge on any atom is 0.319 e. The van der Waals surface area contributed by atoms with Crippen molar-refractivity contribution in [3.05, 3.63) is 28.8 Å². The Bertz CT molecular complexity index is 483. The zero-order valence-corrected chi connectivity index (χ0v) is 13.2. The predicted molar refractivity (Wildman–Crippen MR) is 85.6 cm³/mol. The Morgan fingerprint density at radius 2 is 1.71 bits per heavy atom. The van der Waals surface area contributed by atoms with E-state index >= 15 is 0 Å². The fourth-order valence-corrected chi connectivity index (χ4v) is 3.20. The van der Waals surface area contributed by atoms with E-state index in [4.69, 9.17) is 5.11 Å². The first kappa shape index (κ1) is 15.8. The molecule has 1 aliphatic rings. The first-order valence-corrected chi connectivity index (χ1v) is 7.75. The Morgan fingerprint density at radius 1 is 1.14 bits per heavy atom. The van der Waals surface area contributed by atoms with Crippen LogP contribution in [0.5, 0.6) is 0 Å². The third-order valence-corrected chi connectivity index (χ3v) is 4.36. The summed E-state index contributed by atoms with van der Waals surface area (Å²) in [7, 11) is 0. The summed E-state index contributed by atoms with van der Waals surface area (Å²) in [6.45, 7) is 6.36. The molecule has 21 heavy (non-hydrogen) atoms. The number of aliphatic hydroxyl groups excluding tert-OH is 1. The van der Waals surface area contributed by atoms with Crippen LogP contribution in [0.4, 0.5) is 10.5 Å². The molecule has 116 valence electrons. The predicted octanol–water partition coefficient (Wildman–Crippen LogP) is 3.28. The van der Waals surface area contributed by atoms with Crippen molar-refractivity contribution in [2.75, 3.05) is 11.9 Å². The molecule has 1 aromatic rings. The van der Waals surface area contributed by atoms with Crippen LogP contribution < -0.4 is 10.6 Å². The zero-order valence-electron chi connectivity index (χ0n) is 13.2. The van der Waals surface area contributed by atoms with Crippen LogP contribution in [0.25, 0.3) is 0 Å². The van der Waals surface area contributed by atoms with Crippen molar-refractivity contribution in [2.24, 2.45) is 5.92 Å². The Hall–Kier alpha value is -1.55. The van der Waals surface area contributed by atoms with Crippen LogP contribution in [0.3, 0.4) is 0 Å². The number of carbonyl (C=O) groups excluding carboxylic acids is 1. The van der Waals surface area contributed by atoms with E-state index in [1.54, 1.807) is 0 Å². The molecular formula is C17H26N2O2. The molecular weight excluding hydrogens is 264 g/mol. The highest BCUT2D eigenvalue weighted by Crippen LogP contribution is 2.24. The number of hydrogen-bond donors (Lipinski definition) is 3. The average Bonchev–Trinajstić information content (AvgIpc) is 2.43. The monoisotopic (exact) mass is 290 g/mol. The summed E-state index contributed by atoms with van der Waals surface area (Å²) >= 11 is 0. The highest BCUT2D eigenvalue weighted by molar-refractivity contribution is 5.91. The normalized spacial score (nSPS) is 21.9. The van der Waals surface area contributed by atoms with Gasteiger partial charge >= 0.3 is 6.03 Å². The standard InChI is InChI=1S/C17H26N2O2/c1-11-8-12(2)16(13(3)9-11)19-17(21)18-15-6-4-14(10-20)5-7-15/h8-9,14-15,20H,4-7,10H2,1-3H3,(H2,18,19,21). The topological polar surface area (TPSA) is 61.4 Å². The Kier molecular flexibility index (Phi) is 5.23. The van der Waals surface area contributed by atoms with Crippen molar-refractivity contribution in [2.45, 2.75) is 52.5 Å². The first-order chi connectivity index (χ1) is 9.99. The fourth-order valence-electron chi connectivity index (χ4n) is 3.20. The van der Waals surface area contributed by atoms with Crippen molar-refractivity contribution >= 4 is 11.7 Å². The lowest BCUT2D eigenvalue weighted by Gasteiger charge is -2.28. The van der Waals surface area contributed by atoms with Gasteiger partial charge in [-0.15, -0.1) is 0 Å².